The van der Waals surface area contributed by atoms with Gasteiger partial charge in [-0.2, -0.15) is 11.8 Å². The number of nitrogens with one attached hydrogen (secondary N) is 7. The maximum absolute atomic E-state index is 14.0. The molecule has 18 N–H and O–H groups in total. The van der Waals surface area contributed by atoms with Gasteiger partial charge >= 0.3 is 11.9 Å². The minimum absolute atomic E-state index is 0.0116. The van der Waals surface area contributed by atoms with E-state index in [4.69, 9.17) is 22.9 Å². The van der Waals surface area contributed by atoms with Gasteiger partial charge < -0.3 is 75.1 Å². The fraction of sp³-hybridized carbons (Fsp3) is 0.595. The third-order valence-corrected chi connectivity index (χ3v) is 10.9. The minimum Gasteiger partial charge on any atom is -0.481 e. The summed E-state index contributed by atoms with van der Waals surface area (Å²) in [6, 6.07) is -2.39. The molecule has 23 nitrogen and oxygen atoms in total. The predicted molar refractivity (Wildman–Crippen MR) is 248 cm³/mol. The van der Waals surface area contributed by atoms with Gasteiger partial charge in [0.1, 0.15) is 36.3 Å². The molecule has 6 amide bonds. The van der Waals surface area contributed by atoms with E-state index in [0.29, 0.717) is 18.6 Å². The van der Waals surface area contributed by atoms with Crippen molar-refractivity contribution in [3.8, 4) is 0 Å². The summed E-state index contributed by atoms with van der Waals surface area (Å²) in [6.45, 7) is 4.95. The van der Waals surface area contributed by atoms with Crippen LogP contribution < -0.4 is 54.8 Å². The SMILES string of the molecule is CSCCC(NC(=O)C(N)Cc1c[nH]c2ccccc12)C(=O)NC(CCCN=C(N)N)C(=O)NC(C(=O)NC(CC(C)C)C(=O)NC(CC(=O)O)C(=O)NC(CCCCN)C(=O)O)C(C)O. The molecule has 0 aliphatic heterocycles. The average molecular weight is 949 g/mol. The largest absolute Gasteiger partial charge is 0.481 e. The normalized spacial score (nSPS) is 14.8. The molecule has 2 rings (SSSR count). The Bertz CT molecular complexity index is 1980. The number of aromatic amines is 1. The number of fused-ring (bicyclic) bond motifs is 1. The van der Waals surface area contributed by atoms with Gasteiger partial charge in [0.15, 0.2) is 5.96 Å². The number of benzene rings is 1. The number of nitrogens with zero attached hydrogens (tertiary/aromatic N) is 1. The number of guanidine groups is 1. The third kappa shape index (κ3) is 19.6. The number of thioether (sulfide) groups is 1. The smallest absolute Gasteiger partial charge is 0.326 e. The van der Waals surface area contributed by atoms with E-state index >= 15 is 0 Å². The quantitative estimate of drug-likeness (QED) is 0.0218. The molecule has 1 heterocycles. The molecule has 368 valence electrons. The Morgan fingerprint density at radius 3 is 1.89 bits per heavy atom. The van der Waals surface area contributed by atoms with Crippen molar-refractivity contribution >= 4 is 76.0 Å². The number of H-pyrrole nitrogens is 1. The van der Waals surface area contributed by atoms with Crippen molar-refractivity contribution in [1.29, 1.82) is 0 Å². The Kier molecular flexibility index (Phi) is 24.5. The van der Waals surface area contributed by atoms with Gasteiger partial charge in [0.25, 0.3) is 0 Å². The first-order valence-corrected chi connectivity index (χ1v) is 23.1. The highest BCUT2D eigenvalue weighted by molar-refractivity contribution is 7.98. The van der Waals surface area contributed by atoms with Crippen LogP contribution in [0.1, 0.15) is 77.7 Å². The second-order valence-corrected chi connectivity index (χ2v) is 17.3. The minimum atomic E-state index is -1.76. The highest BCUT2D eigenvalue weighted by Gasteiger charge is 2.36. The molecular weight excluding hydrogens is 881 g/mol. The standard InChI is InChI=1S/C42H68N12O11S/c1-22(2)18-31(38(61)52-32(20-33(56)57)39(62)51-30(41(64)65)12-7-8-15-43)53-40(63)34(23(3)55)54-37(60)28(13-9-16-47-42(45)46)50-36(59)29(14-17-66-4)49-35(58)26(44)19-24-21-48-27-11-6-5-10-25(24)27/h5-6,10-11,21-23,26,28-32,34,48,55H,7-9,12-20,43-44H2,1-4H3,(H,49,58)(H,50,59)(H,51,62)(H,52,61)(H,53,63)(H,54,60)(H,56,57)(H,64,65)(H4,45,46,47). The summed E-state index contributed by atoms with van der Waals surface area (Å²) in [6.07, 6.45) is 2.18. The topological polar surface area (TPSA) is 402 Å². The third-order valence-electron chi connectivity index (χ3n) is 10.2. The number of aliphatic hydroxyl groups excluding tert-OH is 1. The van der Waals surface area contributed by atoms with E-state index in [0.717, 1.165) is 16.5 Å². The van der Waals surface area contributed by atoms with Gasteiger partial charge in [0.05, 0.1) is 18.6 Å². The molecule has 0 saturated heterocycles. The molecule has 0 aliphatic carbocycles. The molecule has 0 fully saturated rings. The van der Waals surface area contributed by atoms with E-state index in [1.165, 1.54) is 18.7 Å². The zero-order valence-corrected chi connectivity index (χ0v) is 38.7. The van der Waals surface area contributed by atoms with Gasteiger partial charge in [-0.25, -0.2) is 4.79 Å². The van der Waals surface area contributed by atoms with E-state index in [9.17, 15) is 53.7 Å². The molecular formula is C42H68N12O11S. The molecule has 1 aromatic carbocycles. The van der Waals surface area contributed by atoms with Crippen LogP contribution in [0.25, 0.3) is 10.9 Å². The summed E-state index contributed by atoms with van der Waals surface area (Å²) in [5.41, 5.74) is 24.4. The second-order valence-electron chi connectivity index (χ2n) is 16.3. The molecule has 0 aliphatic rings. The number of aliphatic hydroxyl groups is 1. The number of aliphatic imine (C=N–C) groups is 1. The van der Waals surface area contributed by atoms with Crippen LogP contribution in [0.15, 0.2) is 35.5 Å². The van der Waals surface area contributed by atoms with Crippen molar-refractivity contribution in [3.05, 3.63) is 36.0 Å². The lowest BCUT2D eigenvalue weighted by Gasteiger charge is -2.29. The van der Waals surface area contributed by atoms with E-state index < -0.39 is 102 Å². The molecule has 8 atom stereocenters. The molecule has 0 bridgehead atoms. The lowest BCUT2D eigenvalue weighted by atomic mass is 10.0. The van der Waals surface area contributed by atoms with Crippen LogP contribution in [0, 0.1) is 5.92 Å². The van der Waals surface area contributed by atoms with Crippen LogP contribution >= 0.6 is 11.8 Å². The number of carboxylic acids is 2. The van der Waals surface area contributed by atoms with Crippen molar-refractivity contribution in [2.45, 2.75) is 127 Å². The number of hydrogen-bond acceptors (Lipinski definition) is 13. The van der Waals surface area contributed by atoms with Crippen LogP contribution in [0.4, 0.5) is 0 Å². The highest BCUT2D eigenvalue weighted by Crippen LogP contribution is 2.19. The Hall–Kier alpha value is -5.98. The first kappa shape index (κ1) is 56.2. The Morgan fingerprint density at radius 1 is 0.727 bits per heavy atom. The molecule has 2 aromatic rings. The summed E-state index contributed by atoms with van der Waals surface area (Å²) in [5, 5.41) is 45.6. The van der Waals surface area contributed by atoms with Gasteiger partial charge in [0, 0.05) is 23.6 Å². The van der Waals surface area contributed by atoms with Gasteiger partial charge in [-0.15, -0.1) is 0 Å². The molecule has 0 saturated carbocycles. The number of unbranched alkanes of at least 4 members (excludes halogenated alkanes) is 1. The summed E-state index contributed by atoms with van der Waals surface area (Å²) in [7, 11) is 0. The Labute approximate surface area is 387 Å². The maximum atomic E-state index is 14.0. The first-order chi connectivity index (χ1) is 31.2. The van der Waals surface area contributed by atoms with E-state index in [-0.39, 0.29) is 63.5 Å². The summed E-state index contributed by atoms with van der Waals surface area (Å²) >= 11 is 1.42. The zero-order chi connectivity index (χ0) is 49.5. The fourth-order valence-electron chi connectivity index (χ4n) is 6.76. The number of nitrogens with two attached hydrogens (primary N) is 4. The predicted octanol–water partition coefficient (Wildman–Crippen LogP) is -2.13. The van der Waals surface area contributed by atoms with E-state index in [2.05, 4.69) is 41.9 Å². The van der Waals surface area contributed by atoms with Crippen LogP contribution in [-0.2, 0) is 44.8 Å². The van der Waals surface area contributed by atoms with Crippen molar-refractivity contribution in [3.63, 3.8) is 0 Å². The van der Waals surface area contributed by atoms with Crippen LogP contribution in [-0.4, -0.2) is 147 Å². The van der Waals surface area contributed by atoms with Gasteiger partial charge in [-0.1, -0.05) is 32.0 Å². The zero-order valence-electron chi connectivity index (χ0n) is 37.8. The molecule has 0 spiro atoms. The highest BCUT2D eigenvalue weighted by atomic mass is 32.2. The van der Waals surface area contributed by atoms with Crippen molar-refractivity contribution in [2.75, 3.05) is 25.1 Å². The number of rotatable bonds is 31. The van der Waals surface area contributed by atoms with Crippen LogP contribution in [0.3, 0.4) is 0 Å². The van der Waals surface area contributed by atoms with Crippen molar-refractivity contribution in [2.24, 2.45) is 33.8 Å². The second kappa shape index (κ2) is 28.8. The first-order valence-electron chi connectivity index (χ1n) is 21.7. The van der Waals surface area contributed by atoms with Gasteiger partial charge in [0.2, 0.25) is 35.4 Å². The number of para-hydroxylation sites is 1. The number of amides is 6. The number of aliphatic carboxylic acids is 2. The number of aromatic nitrogens is 1. The molecule has 0 radical (unpaired) electrons. The van der Waals surface area contributed by atoms with Crippen LogP contribution in [0.2, 0.25) is 0 Å². The van der Waals surface area contributed by atoms with E-state index in [1.54, 1.807) is 20.0 Å². The van der Waals surface area contributed by atoms with Crippen LogP contribution in [0.5, 0.6) is 0 Å². The number of carboxylic acid groups (broad SMARTS) is 2. The molecule has 66 heavy (non-hydrogen) atoms. The molecule has 24 heteroatoms. The molecule has 1 aromatic heterocycles. The fourth-order valence-corrected chi connectivity index (χ4v) is 7.23. The number of carbonyl (C=O) groups is 8. The Balaban J connectivity index is 2.31. The summed E-state index contributed by atoms with van der Waals surface area (Å²) < 4.78 is 0. The summed E-state index contributed by atoms with van der Waals surface area (Å²) in [5.74, 6) is -8.36. The average Bonchev–Trinajstić information content (AvgIpc) is 3.65. The Morgan fingerprint density at radius 2 is 1.29 bits per heavy atom. The van der Waals surface area contributed by atoms with Crippen molar-refractivity contribution in [1.82, 2.24) is 36.9 Å². The van der Waals surface area contributed by atoms with Gasteiger partial charge in [-0.05, 0) is 94.4 Å². The van der Waals surface area contributed by atoms with Crippen molar-refractivity contribution < 1.29 is 53.7 Å². The number of hydrogen-bond donors (Lipinski definition) is 14. The molecule has 8 unspecified atom stereocenters. The monoisotopic (exact) mass is 948 g/mol. The summed E-state index contributed by atoms with van der Waals surface area (Å²) in [4.78, 5) is 113. The van der Waals surface area contributed by atoms with Gasteiger partial charge in [-0.3, -0.25) is 38.6 Å². The number of carbonyl (C=O) groups excluding carboxylic acids is 6. The maximum Gasteiger partial charge on any atom is 0.326 e. The lowest BCUT2D eigenvalue weighted by Crippen LogP contribution is -2.62. The lowest BCUT2D eigenvalue weighted by molar-refractivity contribution is -0.144. The van der Waals surface area contributed by atoms with E-state index in [1.807, 2.05) is 30.5 Å².